The van der Waals surface area contributed by atoms with E-state index in [2.05, 4.69) is 24.3 Å². The summed E-state index contributed by atoms with van der Waals surface area (Å²) in [5, 5.41) is 7.48. The first-order valence-electron chi connectivity index (χ1n) is 11.6. The number of aromatic nitrogens is 2. The summed E-state index contributed by atoms with van der Waals surface area (Å²) in [6, 6.07) is 6.59. The number of hydrogen-bond acceptors (Lipinski definition) is 4. The third-order valence-corrected chi connectivity index (χ3v) is 7.89. The molecular weight excluding hydrogens is 424 g/mol. The van der Waals surface area contributed by atoms with E-state index in [0.29, 0.717) is 37.5 Å². The molecular formula is C24H36N4O3S. The van der Waals surface area contributed by atoms with Gasteiger partial charge in [-0.2, -0.15) is 9.40 Å². The number of amides is 1. The van der Waals surface area contributed by atoms with E-state index >= 15 is 0 Å². The monoisotopic (exact) mass is 460 g/mol. The first-order chi connectivity index (χ1) is 15.2. The van der Waals surface area contributed by atoms with Crippen molar-refractivity contribution in [3.63, 3.8) is 0 Å². The standard InChI is InChI=1S/C24H36N4O3S/c1-18(2)17-28-20(4)23(19(3)26-28)12-13-24(29)25-21-10-9-11-22(16-21)32(30,31)27-14-7-5-6-8-15-27/h9-11,16,18H,5-8,12-15,17H2,1-4H3,(H,25,29). The average Bonchev–Trinajstić information content (AvgIpc) is 2.93. The van der Waals surface area contributed by atoms with Crippen molar-refractivity contribution < 1.29 is 13.2 Å². The van der Waals surface area contributed by atoms with E-state index < -0.39 is 10.0 Å². The minimum absolute atomic E-state index is 0.135. The molecule has 0 spiro atoms. The van der Waals surface area contributed by atoms with Crippen molar-refractivity contribution in [3.05, 3.63) is 41.2 Å². The lowest BCUT2D eigenvalue weighted by atomic mass is 10.1. The van der Waals surface area contributed by atoms with Gasteiger partial charge in [0.25, 0.3) is 0 Å². The lowest BCUT2D eigenvalue weighted by Crippen LogP contribution is -2.32. The fourth-order valence-electron chi connectivity index (χ4n) is 4.25. The van der Waals surface area contributed by atoms with Gasteiger partial charge in [0.2, 0.25) is 15.9 Å². The summed E-state index contributed by atoms with van der Waals surface area (Å²) in [5.74, 6) is 0.367. The quantitative estimate of drug-likeness (QED) is 0.637. The molecule has 0 aliphatic carbocycles. The minimum Gasteiger partial charge on any atom is -0.326 e. The van der Waals surface area contributed by atoms with Crippen molar-refractivity contribution in [2.75, 3.05) is 18.4 Å². The summed E-state index contributed by atoms with van der Waals surface area (Å²) in [5.41, 5.74) is 3.68. The van der Waals surface area contributed by atoms with Crippen LogP contribution in [0.15, 0.2) is 29.2 Å². The van der Waals surface area contributed by atoms with Crippen molar-refractivity contribution in [2.45, 2.75) is 77.7 Å². The van der Waals surface area contributed by atoms with Crippen molar-refractivity contribution in [1.29, 1.82) is 0 Å². The molecule has 32 heavy (non-hydrogen) atoms. The van der Waals surface area contributed by atoms with Crippen LogP contribution in [0.2, 0.25) is 0 Å². The van der Waals surface area contributed by atoms with Gasteiger partial charge in [-0.3, -0.25) is 9.48 Å². The second-order valence-corrected chi connectivity index (χ2v) is 11.1. The zero-order valence-corrected chi connectivity index (χ0v) is 20.5. The van der Waals surface area contributed by atoms with Crippen molar-refractivity contribution in [2.24, 2.45) is 5.92 Å². The number of anilines is 1. The molecule has 2 heterocycles. The van der Waals surface area contributed by atoms with Gasteiger partial charge in [0.15, 0.2) is 0 Å². The molecule has 1 amide bonds. The Bertz CT molecular complexity index is 1040. The van der Waals surface area contributed by atoms with Crippen LogP contribution in [0, 0.1) is 19.8 Å². The Kier molecular flexibility index (Phi) is 8.11. The summed E-state index contributed by atoms with van der Waals surface area (Å²) in [6.45, 7) is 10.3. The number of carbonyl (C=O) groups is 1. The highest BCUT2D eigenvalue weighted by molar-refractivity contribution is 7.89. The highest BCUT2D eigenvalue weighted by atomic mass is 32.2. The third-order valence-electron chi connectivity index (χ3n) is 5.99. The Hall–Kier alpha value is -2.19. The normalized spacial score (nSPS) is 15.7. The zero-order valence-electron chi connectivity index (χ0n) is 19.7. The molecule has 0 bridgehead atoms. The average molecular weight is 461 g/mol. The maximum Gasteiger partial charge on any atom is 0.243 e. The molecule has 1 aromatic heterocycles. The van der Waals surface area contributed by atoms with Crippen LogP contribution in [0.1, 0.15) is 62.9 Å². The molecule has 8 heteroatoms. The number of benzene rings is 1. The van der Waals surface area contributed by atoms with Gasteiger partial charge in [-0.15, -0.1) is 0 Å². The van der Waals surface area contributed by atoms with Crippen LogP contribution in [0.3, 0.4) is 0 Å². The Morgan fingerprint density at radius 1 is 1.12 bits per heavy atom. The molecule has 0 saturated carbocycles. The van der Waals surface area contributed by atoms with Gasteiger partial charge in [-0.05, 0) is 62.8 Å². The first-order valence-corrected chi connectivity index (χ1v) is 13.1. The first kappa shape index (κ1) is 24.5. The second-order valence-electron chi connectivity index (χ2n) is 9.12. The Morgan fingerprint density at radius 3 is 2.47 bits per heavy atom. The van der Waals surface area contributed by atoms with E-state index in [4.69, 9.17) is 0 Å². The molecule has 7 nitrogen and oxygen atoms in total. The predicted octanol–water partition coefficient (Wildman–Crippen LogP) is 4.29. The smallest absolute Gasteiger partial charge is 0.243 e. The van der Waals surface area contributed by atoms with Crippen molar-refractivity contribution in [1.82, 2.24) is 14.1 Å². The fraction of sp³-hybridized carbons (Fsp3) is 0.583. The molecule has 3 rings (SSSR count). The number of hydrogen-bond donors (Lipinski definition) is 1. The number of nitrogens with one attached hydrogen (secondary N) is 1. The van der Waals surface area contributed by atoms with Gasteiger partial charge in [-0.1, -0.05) is 32.8 Å². The number of aryl methyl sites for hydroxylation is 1. The maximum atomic E-state index is 13.0. The molecule has 1 aromatic carbocycles. The summed E-state index contributed by atoms with van der Waals surface area (Å²) in [4.78, 5) is 12.8. The SMILES string of the molecule is Cc1nn(CC(C)C)c(C)c1CCC(=O)Nc1cccc(S(=O)(=O)N2CCCCCC2)c1. The van der Waals surface area contributed by atoms with Gasteiger partial charge in [0.1, 0.15) is 0 Å². The number of carbonyl (C=O) groups excluding carboxylic acids is 1. The highest BCUT2D eigenvalue weighted by Gasteiger charge is 2.25. The zero-order chi connectivity index (χ0) is 23.3. The van der Waals surface area contributed by atoms with Crippen molar-refractivity contribution in [3.8, 4) is 0 Å². The van der Waals surface area contributed by atoms with E-state index in [-0.39, 0.29) is 10.8 Å². The van der Waals surface area contributed by atoms with Crippen LogP contribution < -0.4 is 5.32 Å². The van der Waals surface area contributed by atoms with Crippen molar-refractivity contribution >= 4 is 21.6 Å². The van der Waals surface area contributed by atoms with Gasteiger partial charge >= 0.3 is 0 Å². The summed E-state index contributed by atoms with van der Waals surface area (Å²) in [7, 11) is -3.55. The molecule has 0 atom stereocenters. The Morgan fingerprint density at radius 2 is 1.81 bits per heavy atom. The van der Waals surface area contributed by atoms with Gasteiger partial charge in [0.05, 0.1) is 10.6 Å². The van der Waals surface area contributed by atoms with E-state index in [1.165, 1.54) is 0 Å². The molecule has 0 radical (unpaired) electrons. The Balaban J connectivity index is 1.65. The maximum absolute atomic E-state index is 13.0. The van der Waals surface area contributed by atoms with Crippen LogP contribution in [-0.4, -0.2) is 41.5 Å². The summed E-state index contributed by atoms with van der Waals surface area (Å²) >= 11 is 0. The lowest BCUT2D eigenvalue weighted by molar-refractivity contribution is -0.116. The lowest BCUT2D eigenvalue weighted by Gasteiger charge is -2.20. The van der Waals surface area contributed by atoms with E-state index in [0.717, 1.165) is 49.2 Å². The van der Waals surface area contributed by atoms with Gasteiger partial charge in [0, 0.05) is 37.4 Å². The largest absolute Gasteiger partial charge is 0.326 e. The third kappa shape index (κ3) is 5.98. The molecule has 1 aliphatic heterocycles. The molecule has 1 fully saturated rings. The molecule has 0 unspecified atom stereocenters. The summed E-state index contributed by atoms with van der Waals surface area (Å²) in [6.07, 6.45) is 4.84. The van der Waals surface area contributed by atoms with Crippen LogP contribution in [-0.2, 0) is 27.8 Å². The number of nitrogens with zero attached hydrogens (tertiary/aromatic N) is 3. The van der Waals surface area contributed by atoms with Gasteiger partial charge in [-0.25, -0.2) is 8.42 Å². The van der Waals surface area contributed by atoms with Crippen LogP contribution in [0.4, 0.5) is 5.69 Å². The minimum atomic E-state index is -3.55. The fourth-order valence-corrected chi connectivity index (χ4v) is 5.81. The van der Waals surface area contributed by atoms with Crippen LogP contribution in [0.25, 0.3) is 0 Å². The highest BCUT2D eigenvalue weighted by Crippen LogP contribution is 2.23. The van der Waals surface area contributed by atoms with E-state index in [9.17, 15) is 13.2 Å². The van der Waals surface area contributed by atoms with Gasteiger partial charge < -0.3 is 5.32 Å². The predicted molar refractivity (Wildman–Crippen MR) is 127 cm³/mol. The molecule has 2 aromatic rings. The number of sulfonamides is 1. The second kappa shape index (κ2) is 10.6. The molecule has 1 aliphatic rings. The van der Waals surface area contributed by atoms with E-state index in [1.54, 1.807) is 28.6 Å². The molecule has 1 saturated heterocycles. The molecule has 176 valence electrons. The van der Waals surface area contributed by atoms with Crippen LogP contribution in [0.5, 0.6) is 0 Å². The van der Waals surface area contributed by atoms with Crippen LogP contribution >= 0.6 is 0 Å². The topological polar surface area (TPSA) is 84.3 Å². The summed E-state index contributed by atoms with van der Waals surface area (Å²) < 4.78 is 29.7. The number of rotatable bonds is 8. The van der Waals surface area contributed by atoms with E-state index in [1.807, 2.05) is 18.5 Å². The Labute approximate surface area is 192 Å². The molecule has 1 N–H and O–H groups in total.